The van der Waals surface area contributed by atoms with Crippen LogP contribution < -0.4 is 10.5 Å². The Kier molecular flexibility index (Phi) is 5.71. The van der Waals surface area contributed by atoms with Gasteiger partial charge in [0.2, 0.25) is 0 Å². The molecule has 0 radical (unpaired) electrons. The number of aryl methyl sites for hydroxylation is 1. The fraction of sp³-hybridized carbons (Fsp3) is 0.217. The van der Waals surface area contributed by atoms with E-state index in [2.05, 4.69) is 55.5 Å². The monoisotopic (exact) mass is 347 g/mol. The van der Waals surface area contributed by atoms with Crippen molar-refractivity contribution in [1.29, 1.82) is 0 Å². The van der Waals surface area contributed by atoms with Gasteiger partial charge in [-0.15, -0.1) is 0 Å². The Balaban J connectivity index is 2.24. The molecular formula is C23H25NO2. The lowest BCUT2D eigenvalue weighted by Crippen LogP contribution is -2.34. The van der Waals surface area contributed by atoms with Crippen LogP contribution in [0.2, 0.25) is 0 Å². The highest BCUT2D eigenvalue weighted by molar-refractivity contribution is 5.49. The minimum atomic E-state index is -0.722. The highest BCUT2D eigenvalue weighted by Gasteiger charge is 2.37. The lowest BCUT2D eigenvalue weighted by molar-refractivity contribution is 0.0179. The van der Waals surface area contributed by atoms with Crippen LogP contribution in [0, 0.1) is 6.92 Å². The van der Waals surface area contributed by atoms with Crippen LogP contribution in [-0.4, -0.2) is 20.3 Å². The first-order chi connectivity index (χ1) is 12.7. The Bertz CT molecular complexity index is 813. The van der Waals surface area contributed by atoms with Crippen molar-refractivity contribution in [3.8, 4) is 5.75 Å². The predicted molar refractivity (Wildman–Crippen MR) is 106 cm³/mol. The van der Waals surface area contributed by atoms with E-state index in [0.717, 1.165) is 22.4 Å². The third-order valence-electron chi connectivity index (χ3n) is 4.57. The van der Waals surface area contributed by atoms with E-state index in [1.54, 1.807) is 7.11 Å². The van der Waals surface area contributed by atoms with Gasteiger partial charge in [0.05, 0.1) is 13.7 Å². The number of hydrogen-bond donors (Lipinski definition) is 1. The van der Waals surface area contributed by atoms with E-state index in [-0.39, 0.29) is 0 Å². The van der Waals surface area contributed by atoms with Crippen molar-refractivity contribution >= 4 is 0 Å². The zero-order valence-corrected chi connectivity index (χ0v) is 15.3. The summed E-state index contributed by atoms with van der Waals surface area (Å²) >= 11 is 0. The van der Waals surface area contributed by atoms with Crippen molar-refractivity contribution in [2.24, 2.45) is 5.73 Å². The fourth-order valence-corrected chi connectivity index (χ4v) is 3.25. The van der Waals surface area contributed by atoms with E-state index in [0.29, 0.717) is 13.2 Å². The normalized spacial score (nSPS) is 13.2. The summed E-state index contributed by atoms with van der Waals surface area (Å²) in [7, 11) is 1.67. The van der Waals surface area contributed by atoms with Gasteiger partial charge in [-0.2, -0.15) is 0 Å². The summed E-state index contributed by atoms with van der Waals surface area (Å²) in [5, 5.41) is 0. The van der Waals surface area contributed by atoms with Crippen molar-refractivity contribution in [1.82, 2.24) is 0 Å². The number of nitrogens with two attached hydrogens (primary N) is 1. The quantitative estimate of drug-likeness (QED) is 0.649. The van der Waals surface area contributed by atoms with Gasteiger partial charge < -0.3 is 15.2 Å². The molecule has 0 bridgehead atoms. The average Bonchev–Trinajstić information content (AvgIpc) is 2.71. The largest absolute Gasteiger partial charge is 0.497 e. The molecule has 0 aliphatic heterocycles. The summed E-state index contributed by atoms with van der Waals surface area (Å²) < 4.78 is 11.8. The lowest BCUT2D eigenvalue weighted by atomic mass is 9.79. The molecule has 3 aromatic rings. The van der Waals surface area contributed by atoms with Crippen LogP contribution in [0.25, 0.3) is 0 Å². The third-order valence-corrected chi connectivity index (χ3v) is 4.57. The van der Waals surface area contributed by atoms with Gasteiger partial charge in [-0.05, 0) is 35.7 Å². The zero-order valence-electron chi connectivity index (χ0n) is 15.3. The van der Waals surface area contributed by atoms with E-state index in [9.17, 15) is 0 Å². The van der Waals surface area contributed by atoms with Crippen molar-refractivity contribution in [2.45, 2.75) is 12.5 Å². The molecule has 0 aromatic heterocycles. The maximum absolute atomic E-state index is 6.48. The summed E-state index contributed by atoms with van der Waals surface area (Å²) in [6.07, 6.45) is 0. The molecule has 134 valence electrons. The standard InChI is InChI=1S/C23H25NO2/c1-18-8-10-20(11-9-18)23(26-17-16-24,19-6-4-3-5-7-19)21-12-14-22(25-2)15-13-21/h3-15H,16-17,24H2,1-2H3. The van der Waals surface area contributed by atoms with E-state index >= 15 is 0 Å². The van der Waals surface area contributed by atoms with Crippen LogP contribution in [0.5, 0.6) is 5.75 Å². The van der Waals surface area contributed by atoms with Crippen molar-refractivity contribution < 1.29 is 9.47 Å². The number of benzene rings is 3. The summed E-state index contributed by atoms with van der Waals surface area (Å²) in [4.78, 5) is 0. The Morgan fingerprint density at radius 1 is 0.769 bits per heavy atom. The first-order valence-electron chi connectivity index (χ1n) is 8.82. The Labute approximate surface area is 155 Å². The minimum Gasteiger partial charge on any atom is -0.497 e. The molecule has 0 aliphatic rings. The van der Waals surface area contributed by atoms with Gasteiger partial charge in [-0.1, -0.05) is 72.3 Å². The maximum atomic E-state index is 6.48. The Morgan fingerprint density at radius 2 is 1.31 bits per heavy atom. The van der Waals surface area contributed by atoms with E-state index in [1.165, 1.54) is 5.56 Å². The summed E-state index contributed by atoms with van der Waals surface area (Å²) in [6, 6.07) is 26.8. The second kappa shape index (κ2) is 8.17. The second-order valence-corrected chi connectivity index (χ2v) is 6.28. The molecule has 26 heavy (non-hydrogen) atoms. The topological polar surface area (TPSA) is 44.5 Å². The maximum Gasteiger partial charge on any atom is 0.143 e. The molecule has 0 heterocycles. The highest BCUT2D eigenvalue weighted by atomic mass is 16.5. The van der Waals surface area contributed by atoms with Gasteiger partial charge in [0, 0.05) is 6.54 Å². The molecule has 3 heteroatoms. The van der Waals surface area contributed by atoms with Gasteiger partial charge in [-0.3, -0.25) is 0 Å². The number of rotatable bonds is 7. The van der Waals surface area contributed by atoms with Crippen LogP contribution in [-0.2, 0) is 10.3 Å². The molecule has 0 spiro atoms. The van der Waals surface area contributed by atoms with Crippen molar-refractivity contribution in [3.05, 3.63) is 101 Å². The Morgan fingerprint density at radius 3 is 1.85 bits per heavy atom. The first-order valence-corrected chi connectivity index (χ1v) is 8.82. The molecule has 0 saturated carbocycles. The molecule has 3 rings (SSSR count). The smallest absolute Gasteiger partial charge is 0.143 e. The van der Waals surface area contributed by atoms with Crippen LogP contribution in [0.1, 0.15) is 22.3 Å². The molecule has 3 aromatic carbocycles. The average molecular weight is 347 g/mol. The number of methoxy groups -OCH3 is 1. The summed E-state index contributed by atoms with van der Waals surface area (Å²) in [5.41, 5.74) is 9.48. The van der Waals surface area contributed by atoms with E-state index in [4.69, 9.17) is 15.2 Å². The van der Waals surface area contributed by atoms with Gasteiger partial charge in [0.25, 0.3) is 0 Å². The first kappa shape index (κ1) is 18.2. The molecule has 1 atom stereocenters. The van der Waals surface area contributed by atoms with E-state index in [1.807, 2.05) is 30.3 Å². The molecule has 0 amide bonds. The minimum absolute atomic E-state index is 0.453. The van der Waals surface area contributed by atoms with Gasteiger partial charge in [-0.25, -0.2) is 0 Å². The second-order valence-electron chi connectivity index (χ2n) is 6.28. The molecule has 2 N–H and O–H groups in total. The SMILES string of the molecule is COc1ccc(C(OCCN)(c2ccccc2)c2ccc(C)cc2)cc1. The molecular weight excluding hydrogens is 322 g/mol. The van der Waals surface area contributed by atoms with Crippen LogP contribution in [0.3, 0.4) is 0 Å². The molecule has 0 saturated heterocycles. The number of ether oxygens (including phenoxy) is 2. The van der Waals surface area contributed by atoms with Crippen LogP contribution in [0.4, 0.5) is 0 Å². The molecule has 1 unspecified atom stereocenters. The van der Waals surface area contributed by atoms with Crippen LogP contribution >= 0.6 is 0 Å². The van der Waals surface area contributed by atoms with Gasteiger partial charge in [0.1, 0.15) is 11.4 Å². The van der Waals surface area contributed by atoms with Crippen molar-refractivity contribution in [2.75, 3.05) is 20.3 Å². The third kappa shape index (κ3) is 3.50. The van der Waals surface area contributed by atoms with Crippen LogP contribution in [0.15, 0.2) is 78.9 Å². The van der Waals surface area contributed by atoms with E-state index < -0.39 is 5.60 Å². The van der Waals surface area contributed by atoms with Gasteiger partial charge in [0.15, 0.2) is 0 Å². The predicted octanol–water partition coefficient (Wildman–Crippen LogP) is 4.27. The number of hydrogen-bond acceptors (Lipinski definition) is 3. The lowest BCUT2D eigenvalue weighted by Gasteiger charge is -2.36. The Hall–Kier alpha value is -2.62. The fourth-order valence-electron chi connectivity index (χ4n) is 3.25. The summed E-state index contributed by atoms with van der Waals surface area (Å²) in [5.74, 6) is 0.818. The van der Waals surface area contributed by atoms with Crippen molar-refractivity contribution in [3.63, 3.8) is 0 Å². The summed E-state index contributed by atoms with van der Waals surface area (Å²) in [6.45, 7) is 2.99. The molecule has 3 nitrogen and oxygen atoms in total. The highest BCUT2D eigenvalue weighted by Crippen LogP contribution is 2.41. The zero-order chi connectivity index (χ0) is 18.4. The van der Waals surface area contributed by atoms with Gasteiger partial charge >= 0.3 is 0 Å². The molecule has 0 aliphatic carbocycles. The molecule has 0 fully saturated rings.